The molecule has 0 fully saturated rings. The van der Waals surface area contributed by atoms with Gasteiger partial charge in [-0.1, -0.05) is 109 Å². The van der Waals surface area contributed by atoms with E-state index in [9.17, 15) is 5.11 Å². The molecule has 0 aliphatic rings. The van der Waals surface area contributed by atoms with Crippen LogP contribution in [0.25, 0.3) is 0 Å². The Balaban J connectivity index is 3.51. The first kappa shape index (κ1) is 27.6. The van der Waals surface area contributed by atoms with Gasteiger partial charge in [-0.2, -0.15) is 0 Å². The van der Waals surface area contributed by atoms with Gasteiger partial charge in [0.25, 0.3) is 0 Å². The van der Waals surface area contributed by atoms with Crippen molar-refractivity contribution in [3.63, 3.8) is 0 Å². The maximum Gasteiger partial charge on any atom is 0.118 e. The third kappa shape index (κ3) is 18.3. The normalized spacial score (nSPS) is 12.6. The van der Waals surface area contributed by atoms with Crippen molar-refractivity contribution in [2.75, 3.05) is 6.54 Å². The van der Waals surface area contributed by atoms with Crippen molar-refractivity contribution in [1.82, 2.24) is 5.32 Å². The number of nitrogens with one attached hydrogen (secondary N) is 1. The molecule has 0 radical (unpaired) electrons. The van der Waals surface area contributed by atoms with Crippen molar-refractivity contribution in [2.45, 2.75) is 117 Å². The predicted octanol–water partition coefficient (Wildman–Crippen LogP) is 8.93. The maximum absolute atomic E-state index is 9.88. The Hall–Kier alpha value is -1.44. The molecule has 0 aromatic heterocycles. The number of rotatable bonds is 20. The Morgan fingerprint density at radius 2 is 1.28 bits per heavy atom. The van der Waals surface area contributed by atoms with Gasteiger partial charge in [0.15, 0.2) is 0 Å². The molecule has 0 rings (SSSR count). The van der Waals surface area contributed by atoms with Crippen molar-refractivity contribution < 1.29 is 5.11 Å². The molecule has 2 nitrogen and oxygen atoms in total. The second kappa shape index (κ2) is 19.9. The topological polar surface area (TPSA) is 32.3 Å². The summed E-state index contributed by atoms with van der Waals surface area (Å²) in [4.78, 5) is 0. The van der Waals surface area contributed by atoms with Gasteiger partial charge in [-0.15, -0.1) is 0 Å². The lowest BCUT2D eigenvalue weighted by molar-refractivity contribution is 0.426. The smallest absolute Gasteiger partial charge is 0.118 e. The molecule has 168 valence electrons. The standard InChI is InChI=1S/C27H49NO/c1-6-8-9-10-11-12-13-14-15-16-17-18-19-20-26(5)28-22-21-24(3)23-27(29)25(4)7-2/h7,23,28-29H,2,5-6,8-22H2,1,3-4H3/b24-23+,27-25-. The monoisotopic (exact) mass is 403 g/mol. The van der Waals surface area contributed by atoms with E-state index in [2.05, 4.69) is 25.4 Å². The third-order valence-electron chi connectivity index (χ3n) is 5.57. The quantitative estimate of drug-likeness (QED) is 0.121. The van der Waals surface area contributed by atoms with Crippen LogP contribution in [0.5, 0.6) is 0 Å². The first-order chi connectivity index (χ1) is 14.0. The summed E-state index contributed by atoms with van der Waals surface area (Å²) in [7, 11) is 0. The lowest BCUT2D eigenvalue weighted by atomic mass is 10.0. The van der Waals surface area contributed by atoms with E-state index in [0.29, 0.717) is 5.76 Å². The van der Waals surface area contributed by atoms with Gasteiger partial charge in [-0.05, 0) is 44.8 Å². The van der Waals surface area contributed by atoms with E-state index in [-0.39, 0.29) is 0 Å². The molecule has 0 aliphatic carbocycles. The summed E-state index contributed by atoms with van der Waals surface area (Å²) in [5, 5.41) is 13.3. The molecule has 0 saturated carbocycles. The van der Waals surface area contributed by atoms with Crippen LogP contribution in [0.1, 0.15) is 117 Å². The Morgan fingerprint density at radius 1 is 0.793 bits per heavy atom. The highest BCUT2D eigenvalue weighted by molar-refractivity contribution is 5.27. The number of allylic oxidation sites excluding steroid dienone is 4. The van der Waals surface area contributed by atoms with Crippen molar-refractivity contribution in [3.8, 4) is 0 Å². The van der Waals surface area contributed by atoms with Crippen molar-refractivity contribution in [3.05, 3.63) is 47.9 Å². The van der Waals surface area contributed by atoms with E-state index in [1.807, 2.05) is 19.9 Å². The molecule has 2 N–H and O–H groups in total. The van der Waals surface area contributed by atoms with Crippen LogP contribution in [0.2, 0.25) is 0 Å². The fraction of sp³-hybridized carbons (Fsp3) is 0.704. The van der Waals surface area contributed by atoms with Gasteiger partial charge in [0, 0.05) is 12.2 Å². The van der Waals surface area contributed by atoms with E-state index < -0.39 is 0 Å². The molecular formula is C27H49NO. The molecule has 0 unspecified atom stereocenters. The summed E-state index contributed by atoms with van der Waals surface area (Å²) in [6, 6.07) is 0. The van der Waals surface area contributed by atoms with Crippen LogP contribution in [-0.2, 0) is 0 Å². The van der Waals surface area contributed by atoms with Crippen LogP contribution in [0.15, 0.2) is 47.9 Å². The third-order valence-corrected chi connectivity index (χ3v) is 5.57. The number of hydrogen-bond donors (Lipinski definition) is 2. The Morgan fingerprint density at radius 3 is 1.76 bits per heavy atom. The SMILES string of the molecule is C=C/C(C)=C(O)/C=C(\C)CCNC(=C)CCCCCCCCCCCCCCC. The van der Waals surface area contributed by atoms with Gasteiger partial charge in [0.1, 0.15) is 5.76 Å². The van der Waals surface area contributed by atoms with Gasteiger partial charge >= 0.3 is 0 Å². The van der Waals surface area contributed by atoms with Gasteiger partial charge in [-0.3, -0.25) is 0 Å². The highest BCUT2D eigenvalue weighted by atomic mass is 16.3. The van der Waals surface area contributed by atoms with Crippen molar-refractivity contribution >= 4 is 0 Å². The van der Waals surface area contributed by atoms with Gasteiger partial charge in [0.2, 0.25) is 0 Å². The molecular weight excluding hydrogens is 354 g/mol. The van der Waals surface area contributed by atoms with E-state index >= 15 is 0 Å². The Kier molecular flexibility index (Phi) is 18.9. The zero-order valence-electron chi connectivity index (χ0n) is 19.8. The van der Waals surface area contributed by atoms with Gasteiger partial charge in [-0.25, -0.2) is 0 Å². The minimum absolute atomic E-state index is 0.309. The second-order valence-electron chi connectivity index (χ2n) is 8.54. The average Bonchev–Trinajstić information content (AvgIpc) is 2.70. The minimum Gasteiger partial charge on any atom is -0.508 e. The molecule has 29 heavy (non-hydrogen) atoms. The largest absolute Gasteiger partial charge is 0.508 e. The summed E-state index contributed by atoms with van der Waals surface area (Å²) >= 11 is 0. The molecule has 0 aromatic rings. The molecule has 0 saturated heterocycles. The number of aliphatic hydroxyl groups excluding tert-OH is 1. The minimum atomic E-state index is 0.309. The summed E-state index contributed by atoms with van der Waals surface area (Å²) < 4.78 is 0. The maximum atomic E-state index is 9.88. The van der Waals surface area contributed by atoms with Gasteiger partial charge in [0.05, 0.1) is 0 Å². The Labute approximate surface area is 182 Å². The fourth-order valence-corrected chi connectivity index (χ4v) is 3.40. The van der Waals surface area contributed by atoms with Crippen LogP contribution < -0.4 is 5.32 Å². The van der Waals surface area contributed by atoms with Crippen LogP contribution in [0.3, 0.4) is 0 Å². The van der Waals surface area contributed by atoms with E-state index in [4.69, 9.17) is 0 Å². The molecule has 0 aromatic carbocycles. The zero-order chi connectivity index (χ0) is 21.7. The molecule has 0 spiro atoms. The van der Waals surface area contributed by atoms with E-state index in [1.165, 1.54) is 83.5 Å². The Bertz CT molecular complexity index is 487. The summed E-state index contributed by atoms with van der Waals surface area (Å²) in [6.07, 6.45) is 23.6. The first-order valence-corrected chi connectivity index (χ1v) is 12.1. The predicted molar refractivity (Wildman–Crippen MR) is 131 cm³/mol. The zero-order valence-corrected chi connectivity index (χ0v) is 19.8. The van der Waals surface area contributed by atoms with Crippen LogP contribution >= 0.6 is 0 Å². The fourth-order valence-electron chi connectivity index (χ4n) is 3.40. The summed E-state index contributed by atoms with van der Waals surface area (Å²) in [5.74, 6) is 0.309. The molecule has 2 heteroatoms. The van der Waals surface area contributed by atoms with Gasteiger partial charge < -0.3 is 10.4 Å². The lowest BCUT2D eigenvalue weighted by Crippen LogP contribution is -2.14. The second-order valence-corrected chi connectivity index (χ2v) is 8.54. The number of unbranched alkanes of at least 4 members (excludes halogenated alkanes) is 12. The highest BCUT2D eigenvalue weighted by Crippen LogP contribution is 2.14. The van der Waals surface area contributed by atoms with Crippen LogP contribution in [0.4, 0.5) is 0 Å². The van der Waals surface area contributed by atoms with Crippen LogP contribution in [0, 0.1) is 0 Å². The molecule has 0 atom stereocenters. The summed E-state index contributed by atoms with van der Waals surface area (Å²) in [6.45, 7) is 14.9. The average molecular weight is 404 g/mol. The lowest BCUT2D eigenvalue weighted by Gasteiger charge is -2.10. The highest BCUT2D eigenvalue weighted by Gasteiger charge is 1.98. The van der Waals surface area contributed by atoms with Crippen LogP contribution in [-0.4, -0.2) is 11.7 Å². The number of hydrogen-bond acceptors (Lipinski definition) is 2. The first-order valence-electron chi connectivity index (χ1n) is 12.1. The molecule has 0 aliphatic heterocycles. The van der Waals surface area contributed by atoms with E-state index in [0.717, 1.165) is 36.2 Å². The molecule has 0 amide bonds. The number of aliphatic hydroxyl groups is 1. The molecule has 0 bridgehead atoms. The van der Waals surface area contributed by atoms with Crippen molar-refractivity contribution in [2.24, 2.45) is 0 Å². The molecule has 0 heterocycles. The van der Waals surface area contributed by atoms with E-state index in [1.54, 1.807) is 6.08 Å². The van der Waals surface area contributed by atoms with Crippen molar-refractivity contribution in [1.29, 1.82) is 0 Å². The summed E-state index contributed by atoms with van der Waals surface area (Å²) in [5.41, 5.74) is 3.11.